The van der Waals surface area contributed by atoms with E-state index >= 15 is 0 Å². The van der Waals surface area contributed by atoms with Gasteiger partial charge >= 0.3 is 0 Å². The molecule has 0 radical (unpaired) electrons. The van der Waals surface area contributed by atoms with E-state index < -0.39 is 107 Å². The number of fused-ring (bicyclic) bond motifs is 9. The van der Waals surface area contributed by atoms with Crippen molar-refractivity contribution < 1.29 is 25.0 Å². The van der Waals surface area contributed by atoms with E-state index in [2.05, 4.69) is 12.1 Å². The molecule has 11 aromatic rings. The maximum Gasteiger partial charge on any atom is 0.143 e. The molecule has 10 aromatic carbocycles. The lowest BCUT2D eigenvalue weighted by molar-refractivity contribution is 0.670. The third kappa shape index (κ3) is 4.16. The topological polar surface area (TPSA) is 13.1 Å². The van der Waals surface area contributed by atoms with Crippen LogP contribution in [0.3, 0.4) is 0 Å². The van der Waals surface area contributed by atoms with Crippen LogP contribution < -0.4 is 0 Å². The van der Waals surface area contributed by atoms with Gasteiger partial charge in [0.15, 0.2) is 0 Å². The summed E-state index contributed by atoms with van der Waals surface area (Å²) >= 11 is 0. The van der Waals surface area contributed by atoms with Crippen LogP contribution in [-0.2, 0) is 0 Å². The Bertz CT molecular complexity index is 3970. The van der Waals surface area contributed by atoms with Crippen LogP contribution in [0.5, 0.6) is 0 Å². The predicted octanol–water partition coefficient (Wildman–Crippen LogP) is 14.4. The fourth-order valence-corrected chi connectivity index (χ4v) is 7.61. The third-order valence-electron chi connectivity index (χ3n) is 9.79. The quantitative estimate of drug-likeness (QED) is 0.172. The van der Waals surface area contributed by atoms with Crippen molar-refractivity contribution in [1.29, 1.82) is 0 Å². The highest BCUT2D eigenvalue weighted by molar-refractivity contribution is 6.25. The molecular weight excluding hydrogens is 617 g/mol. The van der Waals surface area contributed by atoms with E-state index in [9.17, 15) is 6.85 Å². The van der Waals surface area contributed by atoms with Gasteiger partial charge < -0.3 is 4.42 Å². The van der Waals surface area contributed by atoms with Crippen LogP contribution >= 0.6 is 0 Å². The minimum Gasteiger partial charge on any atom is -0.455 e. The lowest BCUT2D eigenvalue weighted by atomic mass is 9.83. The smallest absolute Gasteiger partial charge is 0.143 e. The molecule has 0 fully saturated rings. The van der Waals surface area contributed by atoms with Crippen LogP contribution in [0, 0.1) is 0 Å². The van der Waals surface area contributed by atoms with Crippen molar-refractivity contribution in [2.24, 2.45) is 0 Å². The number of rotatable bonds is 3. The van der Waals surface area contributed by atoms with Crippen molar-refractivity contribution in [3.63, 3.8) is 0 Å². The Labute approximate surface area is 315 Å². The summed E-state index contributed by atoms with van der Waals surface area (Å²) in [6.07, 6.45) is 0. The highest BCUT2D eigenvalue weighted by Gasteiger charge is 2.20. The largest absolute Gasteiger partial charge is 0.455 e. The zero-order chi connectivity index (χ0) is 46.5. The van der Waals surface area contributed by atoms with Crippen LogP contribution in [0.2, 0.25) is 0 Å². The van der Waals surface area contributed by atoms with Crippen LogP contribution in [-0.4, -0.2) is 0 Å². The Balaban J connectivity index is 1.29. The molecule has 0 atom stereocenters. The predicted molar refractivity (Wildman–Crippen MR) is 218 cm³/mol. The summed E-state index contributed by atoms with van der Waals surface area (Å²) in [5.74, 6) is 0. The highest BCUT2D eigenvalue weighted by Crippen LogP contribution is 2.47. The van der Waals surface area contributed by atoms with Gasteiger partial charge in [-0.15, -0.1) is 0 Å². The second-order valence-corrected chi connectivity index (χ2v) is 12.4. The SMILES string of the molecule is [2H]c1c([2H])c([2H])c2c(-c3c4c([2H])c([2H])c([2H])c([2H])c4c(-c4cccc5cc(-c6cccc7c6oc6ccc8ccccc8c67)ccc45)c4c([2H])c([2H])c([2H])c([2H])c34)c([2H])c([2H])c([2H])c2c1[2H]. The Hall–Kier alpha value is -6.70. The molecule has 0 saturated carbocycles. The van der Waals surface area contributed by atoms with Gasteiger partial charge in [0.1, 0.15) is 11.2 Å². The normalized spacial score (nSPS) is 16.0. The Morgan fingerprint density at radius 2 is 1.00 bits per heavy atom. The number of hydrogen-bond acceptors (Lipinski definition) is 1. The average Bonchev–Trinajstić information content (AvgIpc) is 3.72. The Kier molecular flexibility index (Phi) is 3.70. The van der Waals surface area contributed by atoms with Gasteiger partial charge in [0.05, 0.1) is 20.6 Å². The van der Waals surface area contributed by atoms with Gasteiger partial charge in [-0.1, -0.05) is 169 Å². The maximum atomic E-state index is 9.50. The molecule has 0 aliphatic rings. The van der Waals surface area contributed by atoms with Gasteiger partial charge in [-0.3, -0.25) is 0 Å². The first-order chi connectivity index (χ1) is 31.5. The zero-order valence-electron chi connectivity index (χ0n) is 41.6. The number of hydrogen-bond donors (Lipinski definition) is 0. The molecule has 11 rings (SSSR count). The first-order valence-corrected chi connectivity index (χ1v) is 16.4. The van der Waals surface area contributed by atoms with Crippen LogP contribution in [0.15, 0.2) is 186 Å². The van der Waals surface area contributed by atoms with E-state index in [4.69, 9.17) is 18.1 Å². The molecule has 1 heterocycles. The van der Waals surface area contributed by atoms with Crippen molar-refractivity contribution >= 4 is 75.8 Å². The molecule has 0 unspecified atom stereocenters. The minimum atomic E-state index is -0.758. The van der Waals surface area contributed by atoms with E-state index in [0.29, 0.717) is 21.9 Å². The second kappa shape index (κ2) is 10.9. The first kappa shape index (κ1) is 17.3. The number of benzene rings is 10. The van der Waals surface area contributed by atoms with E-state index in [-0.39, 0.29) is 32.7 Å². The van der Waals surface area contributed by atoms with Gasteiger partial charge in [-0.25, -0.2) is 0 Å². The van der Waals surface area contributed by atoms with Gasteiger partial charge in [0, 0.05) is 16.3 Å². The van der Waals surface area contributed by atoms with Gasteiger partial charge in [-0.05, 0) is 93.8 Å². The summed E-state index contributed by atoms with van der Waals surface area (Å²) in [5, 5.41) is 3.49. The monoisotopic (exact) mass is 661 g/mol. The molecule has 1 heteroatoms. The van der Waals surface area contributed by atoms with Crippen molar-refractivity contribution in [2.45, 2.75) is 0 Å². The fraction of sp³-hybridized carbons (Fsp3) is 0. The lowest BCUT2D eigenvalue weighted by Crippen LogP contribution is -1.92. The van der Waals surface area contributed by atoms with Crippen LogP contribution in [0.1, 0.15) is 20.6 Å². The first-order valence-electron chi connectivity index (χ1n) is 23.9. The number of para-hydroxylation sites is 1. The summed E-state index contributed by atoms with van der Waals surface area (Å²) in [7, 11) is 0. The molecule has 1 aromatic heterocycles. The van der Waals surface area contributed by atoms with E-state index in [0.717, 1.165) is 38.3 Å². The van der Waals surface area contributed by atoms with Crippen LogP contribution in [0.4, 0.5) is 0 Å². The molecule has 0 amide bonds. The highest BCUT2D eigenvalue weighted by atomic mass is 16.3. The molecular formula is C50H30O. The van der Waals surface area contributed by atoms with E-state index in [1.54, 1.807) is 12.1 Å². The van der Waals surface area contributed by atoms with E-state index in [1.165, 1.54) is 0 Å². The summed E-state index contributed by atoms with van der Waals surface area (Å²) < 4.78 is 142. The summed E-state index contributed by atoms with van der Waals surface area (Å²) in [4.78, 5) is 0. The molecule has 0 aliphatic carbocycles. The molecule has 0 bridgehead atoms. The second-order valence-electron chi connectivity index (χ2n) is 12.4. The standard InChI is InChI=1S/C50H30O/c1-3-16-35-31(12-1)14-9-23-39(35)47-41-18-5-7-20-43(41)48(44-21-8-6-19-42(44)47)40-24-10-15-33-30-34(26-28-36(33)40)38-22-11-25-45-49-37-17-4-2-13-32(37)27-29-46(49)51-50(38)45/h1-30H/i1D,3D,5D,6D,7D,8D,9D,12D,14D,16D,18D,19D,20D,21D,23D. The van der Waals surface area contributed by atoms with Crippen LogP contribution in [0.25, 0.3) is 109 Å². The third-order valence-corrected chi connectivity index (χ3v) is 9.79. The maximum absolute atomic E-state index is 9.50. The molecule has 236 valence electrons. The average molecular weight is 662 g/mol. The summed E-state index contributed by atoms with van der Waals surface area (Å²) in [6.45, 7) is 0. The molecule has 0 spiro atoms. The van der Waals surface area contributed by atoms with Crippen molar-refractivity contribution in [3.05, 3.63) is 182 Å². The van der Waals surface area contributed by atoms with Gasteiger partial charge in [0.25, 0.3) is 0 Å². The zero-order valence-corrected chi connectivity index (χ0v) is 26.6. The molecule has 0 aliphatic heterocycles. The fourth-order valence-electron chi connectivity index (χ4n) is 7.61. The molecule has 1 nitrogen and oxygen atoms in total. The van der Waals surface area contributed by atoms with Gasteiger partial charge in [0.2, 0.25) is 0 Å². The summed E-state index contributed by atoms with van der Waals surface area (Å²) in [6, 6.07) is 18.8. The minimum absolute atomic E-state index is 0.0355. The molecule has 51 heavy (non-hydrogen) atoms. The van der Waals surface area contributed by atoms with E-state index in [1.807, 2.05) is 66.7 Å². The lowest BCUT2D eigenvalue weighted by Gasteiger charge is -2.19. The Morgan fingerprint density at radius 1 is 0.373 bits per heavy atom. The van der Waals surface area contributed by atoms with Crippen molar-refractivity contribution in [3.8, 4) is 33.4 Å². The number of furan rings is 1. The van der Waals surface area contributed by atoms with Crippen molar-refractivity contribution in [2.75, 3.05) is 0 Å². The molecule has 0 saturated heterocycles. The Morgan fingerprint density at radius 3 is 1.80 bits per heavy atom. The van der Waals surface area contributed by atoms with Crippen molar-refractivity contribution in [1.82, 2.24) is 0 Å². The molecule has 0 N–H and O–H groups in total. The van der Waals surface area contributed by atoms with Gasteiger partial charge in [-0.2, -0.15) is 0 Å². The summed E-state index contributed by atoms with van der Waals surface area (Å²) in [5.41, 5.74) is 2.61.